The number of rotatable bonds is 6. The van der Waals surface area contributed by atoms with E-state index in [9.17, 15) is 9.59 Å². The number of nitrogens with zero attached hydrogens (tertiary/aromatic N) is 2. The third-order valence-corrected chi connectivity index (χ3v) is 9.02. The van der Waals surface area contributed by atoms with Gasteiger partial charge in [0.05, 0.1) is 23.8 Å². The lowest BCUT2D eigenvalue weighted by molar-refractivity contribution is -0.146. The first-order valence-corrected chi connectivity index (χ1v) is 15.2. The molecule has 1 amide bonds. The minimum Gasteiger partial charge on any atom is -0.493 e. The van der Waals surface area contributed by atoms with Crippen LogP contribution in [0.4, 0.5) is 0 Å². The predicted octanol–water partition coefficient (Wildman–Crippen LogP) is 7.03. The van der Waals surface area contributed by atoms with Gasteiger partial charge in [-0.2, -0.15) is 0 Å². The van der Waals surface area contributed by atoms with Crippen LogP contribution in [0.3, 0.4) is 0 Å². The summed E-state index contributed by atoms with van der Waals surface area (Å²) in [5, 5.41) is 1.02. The topological polar surface area (TPSA) is 91.1 Å². The summed E-state index contributed by atoms with van der Waals surface area (Å²) in [5.74, 6) is 1.82. The molecular formula is C34H32Cl2N2O6. The summed E-state index contributed by atoms with van der Waals surface area (Å²) in [6.45, 7) is 4.60. The number of oxazole rings is 1. The predicted molar refractivity (Wildman–Crippen MR) is 166 cm³/mol. The molecule has 0 radical (unpaired) electrons. The monoisotopic (exact) mass is 634 g/mol. The van der Waals surface area contributed by atoms with Gasteiger partial charge in [0, 0.05) is 19.9 Å². The Balaban J connectivity index is 1.20. The molecule has 2 atom stereocenters. The van der Waals surface area contributed by atoms with Crippen molar-refractivity contribution in [3.05, 3.63) is 110 Å². The normalized spacial score (nSPS) is 17.6. The molecule has 0 saturated heterocycles. The molecule has 0 fully saturated rings. The van der Waals surface area contributed by atoms with Gasteiger partial charge in [-0.05, 0) is 83.8 Å². The number of ether oxygens (including phenoxy) is 3. The van der Waals surface area contributed by atoms with Crippen molar-refractivity contribution < 1.29 is 28.2 Å². The molecule has 4 aromatic rings. The van der Waals surface area contributed by atoms with E-state index >= 15 is 0 Å². The van der Waals surface area contributed by atoms with Crippen LogP contribution in [0.25, 0.3) is 0 Å². The molecule has 44 heavy (non-hydrogen) atoms. The Morgan fingerprint density at radius 1 is 0.977 bits per heavy atom. The molecule has 0 aliphatic carbocycles. The Labute approximate surface area is 265 Å². The summed E-state index contributed by atoms with van der Waals surface area (Å²) >= 11 is 12.1. The summed E-state index contributed by atoms with van der Waals surface area (Å²) in [5.41, 5.74) is 5.36. The van der Waals surface area contributed by atoms with Crippen molar-refractivity contribution in [2.24, 2.45) is 0 Å². The summed E-state index contributed by atoms with van der Waals surface area (Å²) in [4.78, 5) is 32.2. The fourth-order valence-electron chi connectivity index (χ4n) is 5.98. The van der Waals surface area contributed by atoms with Crippen LogP contribution in [0.15, 0.2) is 59.0 Å². The zero-order valence-corrected chi connectivity index (χ0v) is 26.2. The molecule has 0 unspecified atom stereocenters. The van der Waals surface area contributed by atoms with E-state index in [4.69, 9.17) is 41.8 Å². The highest BCUT2D eigenvalue weighted by molar-refractivity contribution is 6.42. The van der Waals surface area contributed by atoms with Gasteiger partial charge in [-0.25, -0.2) is 9.78 Å². The van der Waals surface area contributed by atoms with E-state index in [0.717, 1.165) is 46.6 Å². The van der Waals surface area contributed by atoms with Crippen LogP contribution in [0.2, 0.25) is 10.0 Å². The maximum absolute atomic E-state index is 13.6. The van der Waals surface area contributed by atoms with Gasteiger partial charge in [0.25, 0.3) is 5.91 Å². The smallest absolute Gasteiger partial charge is 0.328 e. The minimum absolute atomic E-state index is 0.211. The van der Waals surface area contributed by atoms with Crippen molar-refractivity contribution in [2.45, 2.75) is 58.2 Å². The number of carbonyl (C=O) groups is 2. The molecule has 0 bridgehead atoms. The minimum atomic E-state index is -0.773. The maximum atomic E-state index is 13.6. The first-order valence-electron chi connectivity index (χ1n) is 14.5. The zero-order chi connectivity index (χ0) is 31.0. The molecule has 0 saturated carbocycles. The lowest BCUT2D eigenvalue weighted by atomic mass is 9.86. The number of esters is 1. The van der Waals surface area contributed by atoms with Gasteiger partial charge < -0.3 is 23.5 Å². The summed E-state index contributed by atoms with van der Waals surface area (Å²) in [6, 6.07) is 17.0. The van der Waals surface area contributed by atoms with Crippen molar-refractivity contribution in [1.29, 1.82) is 0 Å². The van der Waals surface area contributed by atoms with E-state index in [2.05, 4.69) is 23.2 Å². The fraction of sp³-hybridized carbons (Fsp3) is 0.324. The number of hydrogen-bond acceptors (Lipinski definition) is 7. The third-order valence-electron chi connectivity index (χ3n) is 8.28. The van der Waals surface area contributed by atoms with E-state index in [0.29, 0.717) is 41.3 Å². The molecule has 3 aromatic carbocycles. The maximum Gasteiger partial charge on any atom is 0.328 e. The lowest BCUT2D eigenvalue weighted by Gasteiger charge is -2.35. The highest BCUT2D eigenvalue weighted by Crippen LogP contribution is 2.38. The van der Waals surface area contributed by atoms with E-state index in [1.54, 1.807) is 26.0 Å². The van der Waals surface area contributed by atoms with Gasteiger partial charge in [-0.1, -0.05) is 47.5 Å². The van der Waals surface area contributed by atoms with Gasteiger partial charge >= 0.3 is 5.97 Å². The van der Waals surface area contributed by atoms with Crippen LogP contribution < -0.4 is 9.47 Å². The molecule has 3 heterocycles. The highest BCUT2D eigenvalue weighted by atomic mass is 35.5. The van der Waals surface area contributed by atoms with Crippen LogP contribution >= 0.6 is 23.2 Å². The number of methoxy groups -OCH3 is 1. The van der Waals surface area contributed by atoms with E-state index in [-0.39, 0.29) is 24.1 Å². The third kappa shape index (κ3) is 6.14. The van der Waals surface area contributed by atoms with Gasteiger partial charge in [0.1, 0.15) is 29.9 Å². The molecule has 10 heteroatoms. The fourth-order valence-corrected chi connectivity index (χ4v) is 6.30. The van der Waals surface area contributed by atoms with Crippen molar-refractivity contribution in [1.82, 2.24) is 9.88 Å². The van der Waals surface area contributed by atoms with Crippen molar-refractivity contribution >= 4 is 35.1 Å². The van der Waals surface area contributed by atoms with Crippen molar-refractivity contribution in [2.75, 3.05) is 13.7 Å². The first kappa shape index (κ1) is 30.0. The van der Waals surface area contributed by atoms with Crippen LogP contribution in [-0.4, -0.2) is 41.5 Å². The van der Waals surface area contributed by atoms with Gasteiger partial charge in [-0.15, -0.1) is 0 Å². The van der Waals surface area contributed by atoms with E-state index in [1.165, 1.54) is 17.6 Å². The molecule has 0 spiro atoms. The van der Waals surface area contributed by atoms with Gasteiger partial charge in [0.15, 0.2) is 11.6 Å². The lowest BCUT2D eigenvalue weighted by Crippen LogP contribution is -2.49. The molecule has 6 rings (SSSR count). The largest absolute Gasteiger partial charge is 0.493 e. The van der Waals surface area contributed by atoms with Crippen LogP contribution in [0.5, 0.6) is 11.5 Å². The second-order valence-corrected chi connectivity index (χ2v) is 12.0. The average Bonchev–Trinajstić information content (AvgIpc) is 3.23. The molecule has 2 aliphatic rings. The Kier molecular flexibility index (Phi) is 8.56. The Hall–Kier alpha value is -4.01. The van der Waals surface area contributed by atoms with Crippen LogP contribution in [-0.2, 0) is 35.5 Å². The number of aromatic nitrogens is 1. The second-order valence-electron chi connectivity index (χ2n) is 11.2. The Morgan fingerprint density at radius 2 is 1.77 bits per heavy atom. The molecule has 0 N–H and O–H groups in total. The zero-order valence-electron chi connectivity index (χ0n) is 24.7. The highest BCUT2D eigenvalue weighted by Gasteiger charge is 2.38. The van der Waals surface area contributed by atoms with Crippen LogP contribution in [0, 0.1) is 13.8 Å². The number of carbonyl (C=O) groups excluding carboxylic acids is 2. The number of fused-ring (bicyclic) bond motifs is 2. The molecular weight excluding hydrogens is 603 g/mol. The van der Waals surface area contributed by atoms with Gasteiger partial charge in [-0.3, -0.25) is 4.79 Å². The average molecular weight is 636 g/mol. The molecule has 2 aliphatic heterocycles. The number of hydrogen-bond donors (Lipinski definition) is 0. The summed E-state index contributed by atoms with van der Waals surface area (Å²) in [6.07, 6.45) is 1.96. The number of aryl methyl sites for hydroxylation is 2. The van der Waals surface area contributed by atoms with Crippen LogP contribution in [0.1, 0.15) is 62.3 Å². The number of amides is 1. The van der Waals surface area contributed by atoms with E-state index in [1.807, 2.05) is 24.3 Å². The van der Waals surface area contributed by atoms with Crippen molar-refractivity contribution in [3.8, 4) is 11.5 Å². The quantitative estimate of drug-likeness (QED) is 0.210. The van der Waals surface area contributed by atoms with E-state index < -0.39 is 12.0 Å². The standard InChI is InChI=1S/C34H32Cl2N2O6/c1-19-32(37-20(2)44-19)33(39)38-17-26-14-25-13-23(10-11-42-31(25)16-24(26)15-30(38)34(40)41-3)22-5-7-27(8-6-22)43-18-21-4-9-28(35)29(36)12-21/h4-9,12,14,16,23,30H,10-11,13,15,17-18H2,1-3H3/t23-,30+/m1/s1. The summed E-state index contributed by atoms with van der Waals surface area (Å²) in [7, 11) is 1.33. The SMILES string of the molecule is COC(=O)[C@@H]1Cc2cc3c(cc2CN1C(=O)c1nc(C)oc1C)C[C@H](c1ccc(OCc2ccc(Cl)c(Cl)c2)cc1)CCO3. The molecule has 228 valence electrons. The van der Waals surface area contributed by atoms with Gasteiger partial charge in [0.2, 0.25) is 0 Å². The molecule has 8 nitrogen and oxygen atoms in total. The molecule has 1 aromatic heterocycles. The number of benzene rings is 3. The second kappa shape index (κ2) is 12.5. The Morgan fingerprint density at radius 3 is 2.48 bits per heavy atom. The summed E-state index contributed by atoms with van der Waals surface area (Å²) < 4.78 is 22.8. The first-order chi connectivity index (χ1) is 21.2. The Bertz CT molecular complexity index is 1720. The number of halogens is 2. The van der Waals surface area contributed by atoms with Crippen molar-refractivity contribution in [3.63, 3.8) is 0 Å².